The molecule has 1 aromatic carbocycles. The van der Waals surface area contributed by atoms with Crippen LogP contribution >= 0.6 is 11.6 Å². The average Bonchev–Trinajstić information content (AvgIpc) is 3.31. The van der Waals surface area contributed by atoms with Crippen LogP contribution in [0.5, 0.6) is 0 Å². The van der Waals surface area contributed by atoms with Crippen molar-refractivity contribution in [2.75, 3.05) is 32.7 Å². The number of carbonyl (C=O) groups excluding carboxylic acids is 2. The van der Waals surface area contributed by atoms with Gasteiger partial charge >= 0.3 is 6.18 Å². The Balaban J connectivity index is 1.36. The minimum atomic E-state index is -4.53. The molecule has 0 aromatic heterocycles. The number of hydrogen-bond acceptors (Lipinski definition) is 5. The summed E-state index contributed by atoms with van der Waals surface area (Å²) in [5, 5.41) is 11.5. The van der Waals surface area contributed by atoms with E-state index in [1.54, 1.807) is 0 Å². The van der Waals surface area contributed by atoms with Crippen molar-refractivity contribution in [1.29, 1.82) is 5.26 Å². The first-order valence-corrected chi connectivity index (χ1v) is 13.8. The molecule has 9 nitrogen and oxygen atoms in total. The van der Waals surface area contributed by atoms with Gasteiger partial charge in [0.15, 0.2) is 0 Å². The third-order valence-electron chi connectivity index (χ3n) is 7.09. The Hall–Kier alpha value is -2.40. The highest BCUT2D eigenvalue weighted by molar-refractivity contribution is 7.86. The normalized spacial score (nSPS) is 23.9. The molecule has 2 atom stereocenters. The summed E-state index contributed by atoms with van der Waals surface area (Å²) in [4.78, 5) is 27.7. The summed E-state index contributed by atoms with van der Waals surface area (Å²) >= 11 is 5.97. The molecule has 202 valence electrons. The van der Waals surface area contributed by atoms with Crippen LogP contribution in [0.15, 0.2) is 18.2 Å². The first-order chi connectivity index (χ1) is 17.4. The van der Waals surface area contributed by atoms with Gasteiger partial charge in [-0.2, -0.15) is 35.5 Å². The number of hydrogen-bond donors (Lipinski definition) is 1. The number of nitrogens with one attached hydrogen (secondary N) is 1. The van der Waals surface area contributed by atoms with Crippen LogP contribution in [0.2, 0.25) is 5.02 Å². The number of piperidine rings is 1. The van der Waals surface area contributed by atoms with Gasteiger partial charge in [-0.05, 0) is 43.4 Å². The fourth-order valence-corrected chi connectivity index (χ4v) is 6.97. The first-order valence-electron chi connectivity index (χ1n) is 12.0. The Kier molecular flexibility index (Phi) is 8.04. The van der Waals surface area contributed by atoms with Crippen molar-refractivity contribution in [3.05, 3.63) is 34.3 Å². The molecule has 1 N–H and O–H groups in total. The number of benzene rings is 1. The van der Waals surface area contributed by atoms with Crippen molar-refractivity contribution >= 4 is 33.6 Å². The van der Waals surface area contributed by atoms with Gasteiger partial charge in [0.2, 0.25) is 11.8 Å². The third-order valence-corrected chi connectivity index (χ3v) is 9.38. The number of carbonyl (C=O) groups is 2. The van der Waals surface area contributed by atoms with Crippen LogP contribution in [-0.2, 0) is 32.5 Å². The monoisotopic (exact) mass is 561 g/mol. The summed E-state index contributed by atoms with van der Waals surface area (Å²) < 4.78 is 66.9. The lowest BCUT2D eigenvalue weighted by molar-refractivity contribution is -0.142. The number of nitriles is 1. The number of likely N-dealkylation sites (tertiary alicyclic amines) is 1. The zero-order valence-corrected chi connectivity index (χ0v) is 21.4. The molecule has 0 bridgehead atoms. The predicted molar refractivity (Wildman–Crippen MR) is 127 cm³/mol. The lowest BCUT2D eigenvalue weighted by Crippen LogP contribution is -2.57. The van der Waals surface area contributed by atoms with E-state index in [2.05, 4.69) is 5.32 Å². The standard InChI is InChI=1S/C23H27ClF3N5O4S/c24-19-9-18(23(25,26)27)6-5-16(19)11-29-21(33)20-4-2-8-32(20)22(34)17-3-1-7-30(14-17)37(35,36)31-12-15(10-28)13-31/h5-6,9,15,17,20H,1-4,7-8,11-14H2,(H,29,33)/t17-,20+/m0/s1. The summed E-state index contributed by atoms with van der Waals surface area (Å²) in [6, 6.07) is 4.19. The fourth-order valence-electron chi connectivity index (χ4n) is 4.93. The highest BCUT2D eigenvalue weighted by Gasteiger charge is 2.44. The Labute approximate surface area is 218 Å². The molecule has 0 aliphatic carbocycles. The van der Waals surface area contributed by atoms with E-state index in [9.17, 15) is 31.2 Å². The van der Waals surface area contributed by atoms with Crippen LogP contribution < -0.4 is 5.32 Å². The van der Waals surface area contributed by atoms with Gasteiger partial charge in [-0.1, -0.05) is 17.7 Å². The second-order valence-electron chi connectivity index (χ2n) is 9.56. The molecule has 0 spiro atoms. The van der Waals surface area contributed by atoms with Crippen LogP contribution in [0.4, 0.5) is 13.2 Å². The van der Waals surface area contributed by atoms with Crippen LogP contribution in [-0.4, -0.2) is 72.5 Å². The van der Waals surface area contributed by atoms with Crippen LogP contribution in [0.3, 0.4) is 0 Å². The number of rotatable bonds is 6. The van der Waals surface area contributed by atoms with Crippen molar-refractivity contribution in [3.63, 3.8) is 0 Å². The molecule has 0 saturated carbocycles. The molecule has 0 unspecified atom stereocenters. The minimum absolute atomic E-state index is 0.0148. The predicted octanol–water partition coefficient (Wildman–Crippen LogP) is 2.38. The summed E-state index contributed by atoms with van der Waals surface area (Å²) in [6.07, 6.45) is -2.50. The number of halogens is 4. The van der Waals surface area contributed by atoms with Gasteiger partial charge in [0.1, 0.15) is 6.04 Å². The summed E-state index contributed by atoms with van der Waals surface area (Å²) in [7, 11) is -3.76. The quantitative estimate of drug-likeness (QED) is 0.573. The van der Waals surface area contributed by atoms with Crippen LogP contribution in [0.1, 0.15) is 36.8 Å². The number of nitrogens with zero attached hydrogens (tertiary/aromatic N) is 4. The molecule has 14 heteroatoms. The Bertz CT molecular complexity index is 1200. The van der Waals surface area contributed by atoms with Gasteiger partial charge in [-0.15, -0.1) is 0 Å². The maximum Gasteiger partial charge on any atom is 0.416 e. The maximum atomic E-state index is 13.3. The lowest BCUT2D eigenvalue weighted by atomic mass is 9.97. The average molecular weight is 562 g/mol. The molecule has 2 amide bonds. The molecule has 3 aliphatic rings. The molecule has 3 heterocycles. The third kappa shape index (κ3) is 5.87. The zero-order valence-electron chi connectivity index (χ0n) is 19.9. The fraction of sp³-hybridized carbons (Fsp3) is 0.609. The minimum Gasteiger partial charge on any atom is -0.350 e. The van der Waals surface area contributed by atoms with E-state index in [-0.39, 0.29) is 49.6 Å². The van der Waals surface area contributed by atoms with Crippen molar-refractivity contribution < 1.29 is 31.2 Å². The highest BCUT2D eigenvalue weighted by atomic mass is 35.5. The number of amides is 2. The maximum absolute atomic E-state index is 13.3. The van der Waals surface area contributed by atoms with E-state index in [0.29, 0.717) is 37.8 Å². The topological polar surface area (TPSA) is 114 Å². The first kappa shape index (κ1) is 27.6. The molecule has 0 radical (unpaired) electrons. The summed E-state index contributed by atoms with van der Waals surface area (Å²) in [6.45, 7) is 0.857. The second kappa shape index (κ2) is 10.8. The molecular weight excluding hydrogens is 535 g/mol. The molecule has 4 rings (SSSR count). The van der Waals surface area contributed by atoms with Crippen molar-refractivity contribution in [3.8, 4) is 6.07 Å². The lowest BCUT2D eigenvalue weighted by Gasteiger charge is -2.41. The van der Waals surface area contributed by atoms with Crippen molar-refractivity contribution in [2.24, 2.45) is 11.8 Å². The van der Waals surface area contributed by atoms with E-state index in [0.717, 1.165) is 12.1 Å². The van der Waals surface area contributed by atoms with E-state index < -0.39 is 39.8 Å². The molecular formula is C23H27ClF3N5O4S. The SMILES string of the molecule is N#CC1CN(S(=O)(=O)N2CCC[C@H](C(=O)N3CCC[C@@H]3C(=O)NCc3ccc(C(F)(F)F)cc3Cl)C2)C1. The Morgan fingerprint density at radius 2 is 1.81 bits per heavy atom. The molecule has 3 fully saturated rings. The molecule has 3 saturated heterocycles. The van der Waals surface area contributed by atoms with Gasteiger partial charge in [0.25, 0.3) is 10.2 Å². The van der Waals surface area contributed by atoms with E-state index >= 15 is 0 Å². The summed E-state index contributed by atoms with van der Waals surface area (Å²) in [5.74, 6) is -1.64. The van der Waals surface area contributed by atoms with Gasteiger partial charge in [-0.25, -0.2) is 0 Å². The van der Waals surface area contributed by atoms with Gasteiger partial charge in [0.05, 0.1) is 23.5 Å². The zero-order chi connectivity index (χ0) is 27.0. The van der Waals surface area contributed by atoms with E-state index in [4.69, 9.17) is 16.9 Å². The van der Waals surface area contributed by atoms with Crippen molar-refractivity contribution in [2.45, 2.75) is 44.4 Å². The van der Waals surface area contributed by atoms with E-state index in [1.807, 2.05) is 6.07 Å². The molecule has 3 aliphatic heterocycles. The van der Waals surface area contributed by atoms with Crippen LogP contribution in [0.25, 0.3) is 0 Å². The van der Waals surface area contributed by atoms with Crippen LogP contribution in [0, 0.1) is 23.2 Å². The van der Waals surface area contributed by atoms with Gasteiger partial charge < -0.3 is 10.2 Å². The van der Waals surface area contributed by atoms with E-state index in [1.165, 1.54) is 19.6 Å². The van der Waals surface area contributed by atoms with Crippen molar-refractivity contribution in [1.82, 2.24) is 18.8 Å². The summed E-state index contributed by atoms with van der Waals surface area (Å²) in [5.41, 5.74) is -0.570. The highest BCUT2D eigenvalue weighted by Crippen LogP contribution is 2.32. The Morgan fingerprint density at radius 1 is 1.11 bits per heavy atom. The largest absolute Gasteiger partial charge is 0.416 e. The van der Waals surface area contributed by atoms with Gasteiger partial charge in [0, 0.05) is 44.3 Å². The Morgan fingerprint density at radius 3 is 2.46 bits per heavy atom. The second-order valence-corrected chi connectivity index (χ2v) is 11.9. The molecule has 1 aromatic rings. The van der Waals surface area contributed by atoms with Gasteiger partial charge in [-0.3, -0.25) is 9.59 Å². The smallest absolute Gasteiger partial charge is 0.350 e. The number of alkyl halides is 3. The molecule has 37 heavy (non-hydrogen) atoms.